The first-order chi connectivity index (χ1) is 9.61. The third-order valence-corrected chi connectivity index (χ3v) is 5.08. The van der Waals surface area contributed by atoms with Crippen LogP contribution >= 0.6 is 0 Å². The molecular formula is C19H31N. The summed E-state index contributed by atoms with van der Waals surface area (Å²) < 4.78 is 0. The van der Waals surface area contributed by atoms with Gasteiger partial charge < -0.3 is 5.32 Å². The van der Waals surface area contributed by atoms with E-state index in [0.29, 0.717) is 6.04 Å². The summed E-state index contributed by atoms with van der Waals surface area (Å²) in [5, 5.41) is 3.78. The summed E-state index contributed by atoms with van der Waals surface area (Å²) in [6.45, 7) is 10.3. The Morgan fingerprint density at radius 1 is 1.20 bits per heavy atom. The monoisotopic (exact) mass is 273 g/mol. The van der Waals surface area contributed by atoms with Crippen LogP contribution in [0.2, 0.25) is 0 Å². The minimum absolute atomic E-state index is 0.655. The predicted molar refractivity (Wildman–Crippen MR) is 88.2 cm³/mol. The third-order valence-electron chi connectivity index (χ3n) is 5.08. The van der Waals surface area contributed by atoms with Gasteiger partial charge in [0.2, 0.25) is 0 Å². The average Bonchev–Trinajstić information content (AvgIpc) is 2.42. The second-order valence-corrected chi connectivity index (χ2v) is 6.77. The van der Waals surface area contributed by atoms with Crippen LogP contribution in [0.25, 0.3) is 0 Å². The van der Waals surface area contributed by atoms with Crippen LogP contribution in [-0.2, 0) is 6.42 Å². The van der Waals surface area contributed by atoms with Gasteiger partial charge in [-0.2, -0.15) is 0 Å². The van der Waals surface area contributed by atoms with Crippen molar-refractivity contribution in [1.82, 2.24) is 5.32 Å². The zero-order valence-corrected chi connectivity index (χ0v) is 13.7. The maximum Gasteiger partial charge on any atom is 0.0136 e. The SMILES string of the molecule is CCNC(Cc1c(C)cccc1C)C1CCCC(C)C1. The number of likely N-dealkylation sites (N-methyl/N-ethyl adjacent to an activating group) is 1. The van der Waals surface area contributed by atoms with E-state index < -0.39 is 0 Å². The van der Waals surface area contributed by atoms with Crippen molar-refractivity contribution in [1.29, 1.82) is 0 Å². The van der Waals surface area contributed by atoms with E-state index >= 15 is 0 Å². The van der Waals surface area contributed by atoms with E-state index in [2.05, 4.69) is 51.2 Å². The molecule has 1 aliphatic rings. The Balaban J connectivity index is 2.12. The highest BCUT2D eigenvalue weighted by Crippen LogP contribution is 2.32. The van der Waals surface area contributed by atoms with Gasteiger partial charge in [0.25, 0.3) is 0 Å². The first kappa shape index (κ1) is 15.6. The van der Waals surface area contributed by atoms with Crippen molar-refractivity contribution in [3.63, 3.8) is 0 Å². The quantitative estimate of drug-likeness (QED) is 0.823. The number of nitrogens with one attached hydrogen (secondary N) is 1. The van der Waals surface area contributed by atoms with E-state index in [-0.39, 0.29) is 0 Å². The molecule has 0 heterocycles. The second-order valence-electron chi connectivity index (χ2n) is 6.77. The van der Waals surface area contributed by atoms with Crippen LogP contribution in [0.1, 0.15) is 56.2 Å². The largest absolute Gasteiger partial charge is 0.314 e. The van der Waals surface area contributed by atoms with Gasteiger partial charge in [-0.15, -0.1) is 0 Å². The van der Waals surface area contributed by atoms with Crippen LogP contribution in [0.5, 0.6) is 0 Å². The van der Waals surface area contributed by atoms with Gasteiger partial charge in [-0.1, -0.05) is 44.9 Å². The summed E-state index contributed by atoms with van der Waals surface area (Å²) >= 11 is 0. The lowest BCUT2D eigenvalue weighted by atomic mass is 9.76. The van der Waals surface area contributed by atoms with Crippen molar-refractivity contribution < 1.29 is 0 Å². The molecule has 1 aromatic rings. The molecule has 0 spiro atoms. The third kappa shape index (κ3) is 3.85. The van der Waals surface area contributed by atoms with E-state index in [4.69, 9.17) is 0 Å². The molecule has 3 atom stereocenters. The number of hydrogen-bond donors (Lipinski definition) is 1. The molecule has 0 aromatic heterocycles. The van der Waals surface area contributed by atoms with E-state index in [1.54, 1.807) is 5.56 Å². The number of aryl methyl sites for hydroxylation is 2. The van der Waals surface area contributed by atoms with Crippen molar-refractivity contribution in [2.24, 2.45) is 11.8 Å². The Bertz CT molecular complexity index is 404. The molecule has 1 fully saturated rings. The van der Waals surface area contributed by atoms with Crippen LogP contribution in [0.15, 0.2) is 18.2 Å². The highest BCUT2D eigenvalue weighted by atomic mass is 14.9. The molecule has 1 aromatic carbocycles. The predicted octanol–water partition coefficient (Wildman–Crippen LogP) is 4.65. The maximum absolute atomic E-state index is 3.78. The van der Waals surface area contributed by atoms with E-state index in [1.165, 1.54) is 43.2 Å². The molecule has 0 bridgehead atoms. The lowest BCUT2D eigenvalue weighted by molar-refractivity contribution is 0.222. The Hall–Kier alpha value is -0.820. The van der Waals surface area contributed by atoms with Gasteiger partial charge in [0, 0.05) is 6.04 Å². The van der Waals surface area contributed by atoms with Crippen LogP contribution in [0.3, 0.4) is 0 Å². The van der Waals surface area contributed by atoms with Crippen LogP contribution in [0.4, 0.5) is 0 Å². The van der Waals surface area contributed by atoms with Gasteiger partial charge in [0.1, 0.15) is 0 Å². The standard InChI is InChI=1S/C19H31N/c1-5-20-19(17-11-6-8-14(2)12-17)13-18-15(3)9-7-10-16(18)4/h7,9-10,14,17,19-20H,5-6,8,11-13H2,1-4H3. The second kappa shape index (κ2) is 7.26. The lowest BCUT2D eigenvalue weighted by Crippen LogP contribution is -2.40. The Kier molecular flexibility index (Phi) is 5.65. The van der Waals surface area contributed by atoms with Crippen molar-refractivity contribution >= 4 is 0 Å². The molecule has 1 saturated carbocycles. The normalized spacial score (nSPS) is 24.6. The molecule has 2 rings (SSSR count). The highest BCUT2D eigenvalue weighted by Gasteiger charge is 2.26. The smallest absolute Gasteiger partial charge is 0.0136 e. The van der Waals surface area contributed by atoms with Gasteiger partial charge >= 0.3 is 0 Å². The number of rotatable bonds is 5. The summed E-state index contributed by atoms with van der Waals surface area (Å²) in [4.78, 5) is 0. The topological polar surface area (TPSA) is 12.0 Å². The molecule has 1 heteroatoms. The molecule has 0 amide bonds. The van der Waals surface area contributed by atoms with Gasteiger partial charge in [-0.25, -0.2) is 0 Å². The number of hydrogen-bond acceptors (Lipinski definition) is 1. The highest BCUT2D eigenvalue weighted by molar-refractivity contribution is 5.34. The fraction of sp³-hybridized carbons (Fsp3) is 0.684. The Labute approximate surface area is 125 Å². The molecular weight excluding hydrogens is 242 g/mol. The molecule has 20 heavy (non-hydrogen) atoms. The summed E-state index contributed by atoms with van der Waals surface area (Å²) in [6.07, 6.45) is 6.86. The van der Waals surface area contributed by atoms with Crippen LogP contribution < -0.4 is 5.32 Å². The first-order valence-corrected chi connectivity index (χ1v) is 8.40. The molecule has 1 aliphatic carbocycles. The zero-order valence-electron chi connectivity index (χ0n) is 13.7. The summed E-state index contributed by atoms with van der Waals surface area (Å²) in [5.74, 6) is 1.77. The molecule has 1 N–H and O–H groups in total. The van der Waals surface area contributed by atoms with Crippen molar-refractivity contribution in [2.45, 2.75) is 65.8 Å². The fourth-order valence-corrected chi connectivity index (χ4v) is 3.91. The van der Waals surface area contributed by atoms with Gasteiger partial charge in [-0.05, 0) is 68.2 Å². The van der Waals surface area contributed by atoms with Crippen molar-refractivity contribution in [3.05, 3.63) is 34.9 Å². The number of benzene rings is 1. The van der Waals surface area contributed by atoms with E-state index in [9.17, 15) is 0 Å². The summed E-state index contributed by atoms with van der Waals surface area (Å²) in [5.41, 5.74) is 4.48. The van der Waals surface area contributed by atoms with E-state index in [0.717, 1.165) is 18.4 Å². The van der Waals surface area contributed by atoms with Gasteiger partial charge in [-0.3, -0.25) is 0 Å². The Morgan fingerprint density at radius 3 is 2.50 bits per heavy atom. The van der Waals surface area contributed by atoms with E-state index in [1.807, 2.05) is 0 Å². The Morgan fingerprint density at radius 2 is 1.90 bits per heavy atom. The summed E-state index contributed by atoms with van der Waals surface area (Å²) in [6, 6.07) is 7.35. The first-order valence-electron chi connectivity index (χ1n) is 8.40. The fourth-order valence-electron chi connectivity index (χ4n) is 3.91. The molecule has 1 nitrogen and oxygen atoms in total. The van der Waals surface area contributed by atoms with Gasteiger partial charge in [0.15, 0.2) is 0 Å². The van der Waals surface area contributed by atoms with Crippen molar-refractivity contribution in [3.8, 4) is 0 Å². The molecule has 112 valence electrons. The molecule has 0 aliphatic heterocycles. The minimum atomic E-state index is 0.655. The average molecular weight is 273 g/mol. The van der Waals surface area contributed by atoms with Gasteiger partial charge in [0.05, 0.1) is 0 Å². The van der Waals surface area contributed by atoms with Crippen LogP contribution in [-0.4, -0.2) is 12.6 Å². The molecule has 3 unspecified atom stereocenters. The molecule has 0 radical (unpaired) electrons. The zero-order chi connectivity index (χ0) is 14.5. The summed E-state index contributed by atoms with van der Waals surface area (Å²) in [7, 11) is 0. The maximum atomic E-state index is 3.78. The lowest BCUT2D eigenvalue weighted by Gasteiger charge is -2.34. The van der Waals surface area contributed by atoms with Crippen LogP contribution in [0, 0.1) is 25.7 Å². The minimum Gasteiger partial charge on any atom is -0.314 e. The van der Waals surface area contributed by atoms with Crippen molar-refractivity contribution in [2.75, 3.05) is 6.54 Å². The molecule has 0 saturated heterocycles.